The summed E-state index contributed by atoms with van der Waals surface area (Å²) < 4.78 is 12.4. The number of hydrogen-bond donors (Lipinski definition) is 3. The van der Waals surface area contributed by atoms with Crippen molar-refractivity contribution in [3.8, 4) is 17.2 Å². The van der Waals surface area contributed by atoms with Crippen LogP contribution in [0.5, 0.6) is 17.2 Å². The number of nitrogens with zero attached hydrogens (tertiary/aromatic N) is 2. The van der Waals surface area contributed by atoms with Gasteiger partial charge in [0.15, 0.2) is 0 Å². The predicted molar refractivity (Wildman–Crippen MR) is 164 cm³/mol. The molecule has 0 radical (unpaired) electrons. The Bertz CT molecular complexity index is 1330. The molecule has 3 atom stereocenters. The third kappa shape index (κ3) is 8.24. The molecule has 9 heteroatoms. The zero-order valence-electron chi connectivity index (χ0n) is 25.0. The average molecular weight is 575 g/mol. The third-order valence-corrected chi connectivity index (χ3v) is 7.19. The second-order valence-corrected chi connectivity index (χ2v) is 11.3. The van der Waals surface area contributed by atoms with Crippen molar-refractivity contribution < 1.29 is 24.2 Å². The normalized spacial score (nSPS) is 17.6. The molecule has 0 unspecified atom stereocenters. The van der Waals surface area contributed by atoms with Crippen molar-refractivity contribution in [3.63, 3.8) is 0 Å². The van der Waals surface area contributed by atoms with Crippen LogP contribution in [0.4, 0.5) is 10.5 Å². The molecule has 3 aromatic carbocycles. The molecule has 1 aliphatic heterocycles. The Morgan fingerprint density at radius 1 is 1.07 bits per heavy atom. The van der Waals surface area contributed by atoms with E-state index in [9.17, 15) is 14.7 Å². The molecule has 3 N–H and O–H groups in total. The second kappa shape index (κ2) is 14.2. The van der Waals surface area contributed by atoms with Gasteiger partial charge in [0, 0.05) is 37.3 Å². The molecule has 1 heterocycles. The lowest BCUT2D eigenvalue weighted by Crippen LogP contribution is -2.49. The molecule has 0 spiro atoms. The van der Waals surface area contributed by atoms with Crippen molar-refractivity contribution in [2.75, 3.05) is 32.1 Å². The fraction of sp³-hybridized carbons (Fsp3) is 0.394. The van der Waals surface area contributed by atoms with E-state index in [2.05, 4.69) is 34.6 Å². The minimum atomic E-state index is -0.373. The molecule has 9 nitrogen and oxygen atoms in total. The zero-order chi connectivity index (χ0) is 30.2. The molecule has 0 saturated heterocycles. The quantitative estimate of drug-likeness (QED) is 0.301. The van der Waals surface area contributed by atoms with Gasteiger partial charge in [0.2, 0.25) is 0 Å². The van der Waals surface area contributed by atoms with Crippen molar-refractivity contribution >= 4 is 17.6 Å². The van der Waals surface area contributed by atoms with E-state index in [1.54, 1.807) is 23.1 Å². The number of benzene rings is 3. The van der Waals surface area contributed by atoms with E-state index in [0.29, 0.717) is 36.6 Å². The maximum Gasteiger partial charge on any atom is 0.319 e. The number of amides is 3. The smallest absolute Gasteiger partial charge is 0.319 e. The van der Waals surface area contributed by atoms with Gasteiger partial charge >= 0.3 is 6.03 Å². The molecule has 3 aromatic rings. The Hall–Kier alpha value is -4.08. The molecule has 1 aliphatic rings. The number of aliphatic hydroxyl groups is 1. The van der Waals surface area contributed by atoms with Crippen LogP contribution in [0.2, 0.25) is 0 Å². The van der Waals surface area contributed by atoms with Crippen molar-refractivity contribution in [1.82, 2.24) is 15.1 Å². The summed E-state index contributed by atoms with van der Waals surface area (Å²) in [7, 11) is 2.05. The largest absolute Gasteiger partial charge is 0.488 e. The highest BCUT2D eigenvalue weighted by atomic mass is 16.5. The SMILES string of the molecule is CC(C)NC(=O)Nc1ccc2c(c1)C(=O)N([C@H](C)CO)C[C@@H](C)[C@@H](CN(C)Cc1ccc(Oc3ccccc3)cc1)O2. The minimum Gasteiger partial charge on any atom is -0.488 e. The lowest BCUT2D eigenvalue weighted by molar-refractivity contribution is 0.0341. The van der Waals surface area contributed by atoms with E-state index in [1.165, 1.54) is 0 Å². The van der Waals surface area contributed by atoms with Gasteiger partial charge in [-0.25, -0.2) is 4.79 Å². The first kappa shape index (κ1) is 30.9. The molecule has 0 bridgehead atoms. The van der Waals surface area contributed by atoms with Gasteiger partial charge in [0.1, 0.15) is 23.4 Å². The monoisotopic (exact) mass is 574 g/mol. The number of anilines is 1. The summed E-state index contributed by atoms with van der Waals surface area (Å²) in [6, 6.07) is 22.1. The van der Waals surface area contributed by atoms with Gasteiger partial charge in [0.05, 0.1) is 18.2 Å². The summed E-state index contributed by atoms with van der Waals surface area (Å²) in [6.45, 7) is 9.24. The Labute approximate surface area is 248 Å². The highest BCUT2D eigenvalue weighted by Gasteiger charge is 2.33. The van der Waals surface area contributed by atoms with E-state index < -0.39 is 0 Å². The highest BCUT2D eigenvalue weighted by molar-refractivity contribution is 5.99. The van der Waals surface area contributed by atoms with E-state index in [-0.39, 0.29) is 42.7 Å². The van der Waals surface area contributed by atoms with Crippen molar-refractivity contribution in [3.05, 3.63) is 83.9 Å². The minimum absolute atomic E-state index is 0.00480. The fourth-order valence-electron chi connectivity index (χ4n) is 4.92. The number of ether oxygens (including phenoxy) is 2. The van der Waals surface area contributed by atoms with Gasteiger partial charge in [0.25, 0.3) is 5.91 Å². The summed E-state index contributed by atoms with van der Waals surface area (Å²) in [4.78, 5) is 29.8. The van der Waals surface area contributed by atoms with Crippen LogP contribution in [0.3, 0.4) is 0 Å². The van der Waals surface area contributed by atoms with Crippen LogP contribution in [0.25, 0.3) is 0 Å². The van der Waals surface area contributed by atoms with E-state index >= 15 is 0 Å². The van der Waals surface area contributed by atoms with Crippen LogP contribution in [0, 0.1) is 5.92 Å². The first-order valence-electron chi connectivity index (χ1n) is 14.4. The number of likely N-dealkylation sites (N-methyl/N-ethyl adjacent to an activating group) is 1. The number of carbonyl (C=O) groups excluding carboxylic acids is 2. The van der Waals surface area contributed by atoms with Gasteiger partial charge in [-0.1, -0.05) is 37.3 Å². The molecule has 0 aliphatic carbocycles. The molecule has 224 valence electrons. The molecule has 0 fully saturated rings. The number of nitrogens with one attached hydrogen (secondary N) is 2. The van der Waals surface area contributed by atoms with Gasteiger partial charge < -0.3 is 30.1 Å². The summed E-state index contributed by atoms with van der Waals surface area (Å²) >= 11 is 0. The van der Waals surface area contributed by atoms with Gasteiger partial charge in [-0.15, -0.1) is 0 Å². The van der Waals surface area contributed by atoms with Gasteiger partial charge in [-0.3, -0.25) is 9.69 Å². The van der Waals surface area contributed by atoms with Gasteiger partial charge in [-0.2, -0.15) is 0 Å². The summed E-state index contributed by atoms with van der Waals surface area (Å²) in [5, 5.41) is 15.5. The number of urea groups is 1. The first-order chi connectivity index (χ1) is 20.1. The maximum atomic E-state index is 13.6. The molecule has 42 heavy (non-hydrogen) atoms. The predicted octanol–water partition coefficient (Wildman–Crippen LogP) is 5.36. The average Bonchev–Trinajstić information content (AvgIpc) is 2.96. The molecule has 0 saturated carbocycles. The zero-order valence-corrected chi connectivity index (χ0v) is 25.0. The number of aliphatic hydroxyl groups excluding tert-OH is 1. The van der Waals surface area contributed by atoms with Crippen LogP contribution in [-0.2, 0) is 6.54 Å². The highest BCUT2D eigenvalue weighted by Crippen LogP contribution is 2.31. The fourth-order valence-corrected chi connectivity index (χ4v) is 4.92. The molecule has 3 amide bonds. The first-order valence-corrected chi connectivity index (χ1v) is 14.4. The van der Waals surface area contributed by atoms with Crippen molar-refractivity contribution in [2.45, 2.75) is 52.4 Å². The van der Waals surface area contributed by atoms with Gasteiger partial charge in [-0.05, 0) is 75.8 Å². The Kier molecular flexibility index (Phi) is 10.4. The number of hydrogen-bond acceptors (Lipinski definition) is 6. The maximum absolute atomic E-state index is 13.6. The third-order valence-electron chi connectivity index (χ3n) is 7.19. The number of para-hydroxylation sites is 1. The lowest BCUT2D eigenvalue weighted by Gasteiger charge is -2.38. The topological polar surface area (TPSA) is 103 Å². The Morgan fingerprint density at radius 2 is 1.76 bits per heavy atom. The van der Waals surface area contributed by atoms with Crippen LogP contribution in [0.1, 0.15) is 43.6 Å². The summed E-state index contributed by atoms with van der Waals surface area (Å²) in [6.07, 6.45) is -0.223. The number of carbonyl (C=O) groups is 2. The summed E-state index contributed by atoms with van der Waals surface area (Å²) in [5.41, 5.74) is 1.98. The van der Waals surface area contributed by atoms with Crippen LogP contribution >= 0.6 is 0 Å². The Morgan fingerprint density at radius 3 is 2.43 bits per heavy atom. The van der Waals surface area contributed by atoms with E-state index in [0.717, 1.165) is 17.1 Å². The van der Waals surface area contributed by atoms with Crippen LogP contribution in [0.15, 0.2) is 72.8 Å². The second-order valence-electron chi connectivity index (χ2n) is 11.3. The van der Waals surface area contributed by atoms with Crippen molar-refractivity contribution in [2.24, 2.45) is 5.92 Å². The molecule has 0 aromatic heterocycles. The van der Waals surface area contributed by atoms with Crippen molar-refractivity contribution in [1.29, 1.82) is 0 Å². The van der Waals surface area contributed by atoms with E-state index in [1.807, 2.05) is 70.3 Å². The number of fused-ring (bicyclic) bond motifs is 1. The van der Waals surface area contributed by atoms with Crippen LogP contribution in [-0.4, -0.2) is 71.8 Å². The molecular formula is C33H42N4O5. The number of rotatable bonds is 10. The van der Waals surface area contributed by atoms with E-state index in [4.69, 9.17) is 9.47 Å². The molecule has 4 rings (SSSR count). The summed E-state index contributed by atoms with van der Waals surface area (Å²) in [5.74, 6) is 1.78. The van der Waals surface area contributed by atoms with Crippen LogP contribution < -0.4 is 20.1 Å². The molecular weight excluding hydrogens is 532 g/mol. The Balaban J connectivity index is 1.49. The standard InChI is InChI=1S/C33H42N4O5/c1-22(2)34-33(40)35-26-13-16-30-29(17-26)32(39)37(24(4)21-38)18-23(3)31(42-30)20-36(5)19-25-11-14-28(15-12-25)41-27-9-7-6-8-10-27/h6-17,22-24,31,38H,18-21H2,1-5H3,(H2,34,35,40)/t23-,24-,31-/m1/s1. The lowest BCUT2D eigenvalue weighted by atomic mass is 9.99.